The van der Waals surface area contributed by atoms with Crippen LogP contribution in [0.25, 0.3) is 0 Å². The van der Waals surface area contributed by atoms with E-state index in [-0.39, 0.29) is 18.5 Å². The number of anilines is 1. The van der Waals surface area contributed by atoms with E-state index in [9.17, 15) is 4.79 Å². The number of nitrogens with two attached hydrogens (primary N) is 1. The molecule has 2 aliphatic rings. The van der Waals surface area contributed by atoms with Crippen LogP contribution in [0, 0.1) is 0 Å². The Hall–Kier alpha value is -2.37. The van der Waals surface area contributed by atoms with Crippen molar-refractivity contribution in [1.82, 2.24) is 10.2 Å². The molecular weight excluding hydrogens is 324 g/mol. The monoisotopic (exact) mass is 350 g/mol. The van der Waals surface area contributed by atoms with Crippen molar-refractivity contribution in [3.8, 4) is 0 Å². The van der Waals surface area contributed by atoms with Crippen LogP contribution in [0.1, 0.15) is 17.5 Å². The lowest BCUT2D eigenvalue weighted by atomic mass is 10.1. The quantitative estimate of drug-likeness (QED) is 0.882. The van der Waals surface area contributed by atoms with Gasteiger partial charge in [0, 0.05) is 44.0 Å². The predicted molar refractivity (Wildman–Crippen MR) is 104 cm³/mol. The number of amides is 1. The molecule has 1 saturated heterocycles. The van der Waals surface area contributed by atoms with Gasteiger partial charge in [0.2, 0.25) is 5.91 Å². The van der Waals surface area contributed by atoms with Crippen molar-refractivity contribution >= 4 is 11.6 Å². The second-order valence-electron chi connectivity index (χ2n) is 7.28. The Morgan fingerprint density at radius 3 is 2.65 bits per heavy atom. The maximum Gasteiger partial charge on any atom is 0.233 e. The summed E-state index contributed by atoms with van der Waals surface area (Å²) in [7, 11) is 0. The highest BCUT2D eigenvalue weighted by molar-refractivity contribution is 5.78. The van der Waals surface area contributed by atoms with Gasteiger partial charge < -0.3 is 16.0 Å². The SMILES string of the molecule is NCC(=O)N[C@H]1C[C@H]2CN(Cc3ccccc3)c3ccccc3CN2C1. The molecule has 2 aliphatic heterocycles. The fraction of sp³-hybridized carbons (Fsp3) is 0.381. The van der Waals surface area contributed by atoms with Crippen LogP contribution < -0.4 is 16.0 Å². The summed E-state index contributed by atoms with van der Waals surface area (Å²) < 4.78 is 0. The lowest BCUT2D eigenvalue weighted by molar-refractivity contribution is -0.120. The van der Waals surface area contributed by atoms with E-state index in [1.807, 2.05) is 0 Å². The molecule has 5 nitrogen and oxygen atoms in total. The number of hydrogen-bond donors (Lipinski definition) is 2. The number of nitrogens with one attached hydrogen (secondary N) is 1. The zero-order valence-corrected chi connectivity index (χ0v) is 15.0. The molecule has 26 heavy (non-hydrogen) atoms. The molecule has 0 aromatic heterocycles. The highest BCUT2D eigenvalue weighted by atomic mass is 16.1. The molecule has 0 unspecified atom stereocenters. The Morgan fingerprint density at radius 2 is 1.85 bits per heavy atom. The van der Waals surface area contributed by atoms with Crippen LogP contribution in [-0.2, 0) is 17.9 Å². The number of nitrogens with zero attached hydrogens (tertiary/aromatic N) is 2. The lowest BCUT2D eigenvalue weighted by Gasteiger charge is -2.28. The van der Waals surface area contributed by atoms with Crippen LogP contribution in [0.5, 0.6) is 0 Å². The van der Waals surface area contributed by atoms with Crippen molar-refractivity contribution in [3.05, 3.63) is 65.7 Å². The minimum Gasteiger partial charge on any atom is -0.365 e. The first-order valence-corrected chi connectivity index (χ1v) is 9.33. The number of carbonyl (C=O) groups excluding carboxylic acids is 1. The normalized spacial score (nSPS) is 22.4. The third-order valence-electron chi connectivity index (χ3n) is 5.43. The molecular formula is C21H26N4O. The number of para-hydroxylation sites is 1. The Labute approximate surface area is 154 Å². The molecule has 4 rings (SSSR count). The highest BCUT2D eigenvalue weighted by Crippen LogP contribution is 2.32. The molecule has 2 atom stereocenters. The molecule has 0 aliphatic carbocycles. The standard InChI is InChI=1S/C21H26N4O/c22-11-21(26)23-18-10-19-15-25(12-16-6-2-1-3-7-16)20-9-5-4-8-17(20)13-24(19)14-18/h1-9,18-19H,10-15,22H2,(H,23,26)/t18-,19-/m0/s1. The van der Waals surface area contributed by atoms with Crippen molar-refractivity contribution < 1.29 is 4.79 Å². The highest BCUT2D eigenvalue weighted by Gasteiger charge is 2.36. The van der Waals surface area contributed by atoms with Crippen LogP contribution in [0.15, 0.2) is 54.6 Å². The van der Waals surface area contributed by atoms with Crippen LogP contribution in [0.2, 0.25) is 0 Å². The topological polar surface area (TPSA) is 61.6 Å². The first kappa shape index (κ1) is 17.1. The second-order valence-corrected chi connectivity index (χ2v) is 7.28. The summed E-state index contributed by atoms with van der Waals surface area (Å²) >= 11 is 0. The van der Waals surface area contributed by atoms with E-state index in [1.165, 1.54) is 16.8 Å². The average Bonchev–Trinajstić information content (AvgIpc) is 2.96. The van der Waals surface area contributed by atoms with E-state index >= 15 is 0 Å². The van der Waals surface area contributed by atoms with Crippen molar-refractivity contribution in [2.75, 3.05) is 24.5 Å². The van der Waals surface area contributed by atoms with Gasteiger partial charge in [-0.1, -0.05) is 48.5 Å². The van der Waals surface area contributed by atoms with Gasteiger partial charge in [-0.25, -0.2) is 0 Å². The molecule has 2 aromatic rings. The first-order valence-electron chi connectivity index (χ1n) is 9.33. The Bertz CT molecular complexity index is 764. The Kier molecular flexibility index (Phi) is 4.91. The predicted octanol–water partition coefficient (Wildman–Crippen LogP) is 1.72. The second kappa shape index (κ2) is 7.48. The largest absolute Gasteiger partial charge is 0.365 e. The van der Waals surface area contributed by atoms with Gasteiger partial charge in [0.15, 0.2) is 0 Å². The molecule has 1 fully saturated rings. The Balaban J connectivity index is 1.56. The van der Waals surface area contributed by atoms with Gasteiger partial charge in [-0.2, -0.15) is 0 Å². The van der Waals surface area contributed by atoms with E-state index in [0.29, 0.717) is 6.04 Å². The van der Waals surface area contributed by atoms with Crippen molar-refractivity contribution in [2.45, 2.75) is 31.6 Å². The third kappa shape index (κ3) is 3.59. The van der Waals surface area contributed by atoms with Gasteiger partial charge in [0.25, 0.3) is 0 Å². The van der Waals surface area contributed by atoms with Gasteiger partial charge in [-0.3, -0.25) is 9.69 Å². The molecule has 0 saturated carbocycles. The van der Waals surface area contributed by atoms with E-state index in [1.54, 1.807) is 0 Å². The molecule has 0 spiro atoms. The molecule has 3 N–H and O–H groups in total. The van der Waals surface area contributed by atoms with Gasteiger partial charge in [0.1, 0.15) is 0 Å². The van der Waals surface area contributed by atoms with Gasteiger partial charge in [0.05, 0.1) is 6.54 Å². The summed E-state index contributed by atoms with van der Waals surface area (Å²) in [4.78, 5) is 16.7. The van der Waals surface area contributed by atoms with Crippen LogP contribution in [0.4, 0.5) is 5.69 Å². The number of benzene rings is 2. The maximum absolute atomic E-state index is 11.7. The zero-order chi connectivity index (χ0) is 17.9. The van der Waals surface area contributed by atoms with Gasteiger partial charge in [-0.05, 0) is 23.6 Å². The van der Waals surface area contributed by atoms with E-state index in [4.69, 9.17) is 5.73 Å². The average molecular weight is 350 g/mol. The Morgan fingerprint density at radius 1 is 1.08 bits per heavy atom. The van der Waals surface area contributed by atoms with Gasteiger partial charge >= 0.3 is 0 Å². The van der Waals surface area contributed by atoms with Crippen molar-refractivity contribution in [2.24, 2.45) is 5.73 Å². The minimum absolute atomic E-state index is 0.0597. The third-order valence-corrected chi connectivity index (χ3v) is 5.43. The molecule has 0 bridgehead atoms. The molecule has 2 aromatic carbocycles. The number of fused-ring (bicyclic) bond motifs is 2. The van der Waals surface area contributed by atoms with Crippen molar-refractivity contribution in [1.29, 1.82) is 0 Å². The molecule has 2 heterocycles. The van der Waals surface area contributed by atoms with Crippen LogP contribution in [-0.4, -0.2) is 42.5 Å². The summed E-state index contributed by atoms with van der Waals surface area (Å²) in [5, 5.41) is 3.07. The van der Waals surface area contributed by atoms with E-state index in [2.05, 4.69) is 69.7 Å². The lowest BCUT2D eigenvalue weighted by Crippen LogP contribution is -2.40. The molecule has 0 radical (unpaired) electrons. The summed E-state index contributed by atoms with van der Waals surface area (Å²) in [6, 6.07) is 19.9. The summed E-state index contributed by atoms with van der Waals surface area (Å²) in [5.74, 6) is -0.0609. The van der Waals surface area contributed by atoms with Crippen LogP contribution >= 0.6 is 0 Å². The fourth-order valence-corrected chi connectivity index (χ4v) is 4.24. The number of hydrogen-bond acceptors (Lipinski definition) is 4. The fourth-order valence-electron chi connectivity index (χ4n) is 4.24. The first-order chi connectivity index (χ1) is 12.7. The minimum atomic E-state index is -0.0609. The molecule has 136 valence electrons. The summed E-state index contributed by atoms with van der Waals surface area (Å²) in [5.41, 5.74) is 9.47. The number of rotatable bonds is 4. The van der Waals surface area contributed by atoms with Crippen molar-refractivity contribution in [3.63, 3.8) is 0 Å². The number of carbonyl (C=O) groups is 1. The maximum atomic E-state index is 11.7. The summed E-state index contributed by atoms with van der Waals surface area (Å²) in [6.07, 6.45) is 0.977. The molecule has 1 amide bonds. The van der Waals surface area contributed by atoms with Crippen LogP contribution in [0.3, 0.4) is 0 Å². The van der Waals surface area contributed by atoms with E-state index in [0.717, 1.165) is 32.6 Å². The zero-order valence-electron chi connectivity index (χ0n) is 15.0. The van der Waals surface area contributed by atoms with E-state index < -0.39 is 0 Å². The summed E-state index contributed by atoms with van der Waals surface area (Å²) in [6.45, 7) is 3.76. The van der Waals surface area contributed by atoms with Gasteiger partial charge in [-0.15, -0.1) is 0 Å². The molecule has 5 heteroatoms. The smallest absolute Gasteiger partial charge is 0.233 e.